The molecule has 0 amide bonds. The van der Waals surface area contributed by atoms with Gasteiger partial charge in [-0.15, -0.1) is 0 Å². The van der Waals surface area contributed by atoms with Crippen LogP contribution >= 0.6 is 0 Å². The van der Waals surface area contributed by atoms with Crippen LogP contribution < -0.4 is 0 Å². The number of nitrogens with zero attached hydrogens (tertiary/aromatic N) is 2. The number of allylic oxidation sites excluding steroid dienone is 2. The molecule has 2 nitrogen and oxygen atoms in total. The smallest absolute Gasteiger partial charge is 0.389 e. The molecule has 0 saturated heterocycles. The lowest BCUT2D eigenvalue weighted by Gasteiger charge is -2.35. The lowest BCUT2D eigenvalue weighted by Crippen LogP contribution is -2.52. The number of benzene rings is 7. The number of unbranched alkanes of at least 4 members (excludes halogenated alkanes) is 4. The Balaban J connectivity index is 1.46. The van der Waals surface area contributed by atoms with Gasteiger partial charge in [-0.25, -0.2) is 0 Å². The molecule has 10 rings (SSSR count). The van der Waals surface area contributed by atoms with Crippen LogP contribution in [0.4, 0.5) is 48.1 Å². The Hall–Kier alpha value is -7.74. The lowest BCUT2D eigenvalue weighted by atomic mass is 9.81. The first kappa shape index (κ1) is 59.4. The van der Waals surface area contributed by atoms with E-state index in [-0.39, 0.29) is 67.3 Å². The first-order valence-corrected chi connectivity index (χ1v) is 29.0. The molecule has 0 atom stereocenters. The molecule has 0 aliphatic carbocycles. The quantitative estimate of drug-likeness (QED) is 0.0563. The molecule has 0 bridgehead atoms. The van der Waals surface area contributed by atoms with Gasteiger partial charge in [-0.3, -0.25) is 0 Å². The zero-order valence-electron chi connectivity index (χ0n) is 47.3. The minimum atomic E-state index is -5.29. The van der Waals surface area contributed by atoms with Gasteiger partial charge < -0.3 is 17.6 Å². The van der Waals surface area contributed by atoms with Gasteiger partial charge in [0, 0.05) is 28.1 Å². The van der Waals surface area contributed by atoms with E-state index in [0.29, 0.717) is 47.9 Å². The molecule has 0 N–H and O–H groups in total. The van der Waals surface area contributed by atoms with Crippen LogP contribution in [0.25, 0.3) is 50.2 Å². The highest BCUT2D eigenvalue weighted by atomic mass is 19.4. The maximum absolute atomic E-state index is 20.3. The molecule has 0 fully saturated rings. The summed E-state index contributed by atoms with van der Waals surface area (Å²) >= 11 is 0. The van der Waals surface area contributed by atoms with Crippen molar-refractivity contribution in [3.05, 3.63) is 242 Å². The molecular formula is C70H64BF11N2. The summed E-state index contributed by atoms with van der Waals surface area (Å²) in [4.78, 5) is 0. The highest BCUT2D eigenvalue weighted by Crippen LogP contribution is 2.57. The third-order valence-corrected chi connectivity index (χ3v) is 16.2. The molecule has 3 heterocycles. The molecule has 2 aliphatic heterocycles. The Bertz CT molecular complexity index is 3730. The van der Waals surface area contributed by atoms with E-state index < -0.39 is 42.2 Å². The number of hydrogen-bond donors (Lipinski definition) is 0. The molecule has 14 heteroatoms. The summed E-state index contributed by atoms with van der Waals surface area (Å²) in [6.45, 7) is 2.94. The minimum absolute atomic E-state index is 0.00391. The zero-order valence-corrected chi connectivity index (χ0v) is 47.3. The fraction of sp³-hybridized carbons (Fsp3) is 0.271. The number of aromatic nitrogens is 1. The predicted octanol–water partition coefficient (Wildman–Crippen LogP) is 21.0. The molecule has 8 aromatic rings. The fourth-order valence-electron chi connectivity index (χ4n) is 11.8. The number of hydrogen-bond acceptors (Lipinski definition) is 0. The first-order chi connectivity index (χ1) is 40.2. The lowest BCUT2D eigenvalue weighted by molar-refractivity contribution is -0.358. The van der Waals surface area contributed by atoms with E-state index in [9.17, 15) is 39.5 Å². The van der Waals surface area contributed by atoms with Crippen molar-refractivity contribution in [2.24, 2.45) is 0 Å². The van der Waals surface area contributed by atoms with Crippen LogP contribution in [0.5, 0.6) is 0 Å². The summed E-state index contributed by atoms with van der Waals surface area (Å²) in [6, 6.07) is 41.9. The maximum atomic E-state index is 20.3. The largest absolute Gasteiger partial charge is 0.738 e. The molecule has 0 saturated carbocycles. The van der Waals surface area contributed by atoms with Crippen molar-refractivity contribution in [3.8, 4) is 33.5 Å². The highest BCUT2D eigenvalue weighted by molar-refractivity contribution is 6.61. The summed E-state index contributed by atoms with van der Waals surface area (Å²) in [7, 11) is 0. The van der Waals surface area contributed by atoms with Crippen LogP contribution in [-0.4, -0.2) is 21.6 Å². The minimum Gasteiger partial charge on any atom is -0.389 e. The summed E-state index contributed by atoms with van der Waals surface area (Å²) in [5.74, 6) is 0. The van der Waals surface area contributed by atoms with Gasteiger partial charge in [0.05, 0.1) is 33.4 Å². The van der Waals surface area contributed by atoms with Crippen molar-refractivity contribution in [2.75, 3.05) is 0 Å². The summed E-state index contributed by atoms with van der Waals surface area (Å²) in [5, 5.41) is 0. The second-order valence-corrected chi connectivity index (χ2v) is 22.0. The van der Waals surface area contributed by atoms with Gasteiger partial charge in [0.2, 0.25) is 0 Å². The van der Waals surface area contributed by atoms with E-state index in [1.165, 1.54) is 36.4 Å². The molecule has 0 spiro atoms. The Morgan fingerprint density at radius 1 is 0.333 bits per heavy atom. The number of fused-ring (bicyclic) bond motifs is 2. The van der Waals surface area contributed by atoms with Gasteiger partial charge in [0.15, 0.2) is 11.4 Å². The number of aryl methyl sites for hydroxylation is 4. The van der Waals surface area contributed by atoms with Crippen molar-refractivity contribution in [1.82, 2.24) is 4.48 Å². The average molecular weight is 1150 g/mol. The van der Waals surface area contributed by atoms with Crippen LogP contribution in [0, 0.1) is 0 Å². The molecule has 84 heavy (non-hydrogen) atoms. The second kappa shape index (κ2) is 24.1. The third kappa shape index (κ3) is 11.7. The van der Waals surface area contributed by atoms with Crippen molar-refractivity contribution in [1.29, 1.82) is 0 Å². The first-order valence-electron chi connectivity index (χ1n) is 29.0. The topological polar surface area (TPSA) is 7.94 Å². The molecule has 1 aromatic heterocycles. The summed E-state index contributed by atoms with van der Waals surface area (Å²) < 4.78 is 174. The van der Waals surface area contributed by atoms with Crippen LogP contribution in [0.3, 0.4) is 0 Å². The van der Waals surface area contributed by atoms with Crippen molar-refractivity contribution >= 4 is 29.4 Å². The van der Waals surface area contributed by atoms with Gasteiger partial charge in [0.25, 0.3) is 0 Å². The fourth-order valence-corrected chi connectivity index (χ4v) is 11.8. The molecule has 0 radical (unpaired) electrons. The maximum Gasteiger partial charge on any atom is 0.738 e. The monoisotopic (exact) mass is 1150 g/mol. The average Bonchev–Trinajstić information content (AvgIpc) is 1.72. The highest BCUT2D eigenvalue weighted by Gasteiger charge is 2.60. The van der Waals surface area contributed by atoms with E-state index in [1.807, 2.05) is 72.8 Å². The predicted molar refractivity (Wildman–Crippen MR) is 317 cm³/mol. The third-order valence-electron chi connectivity index (χ3n) is 16.2. The van der Waals surface area contributed by atoms with Gasteiger partial charge >= 0.3 is 25.5 Å². The van der Waals surface area contributed by atoms with E-state index >= 15 is 8.63 Å². The Morgan fingerprint density at radius 2 is 0.619 bits per heavy atom. The normalized spacial score (nSPS) is 14.4. The van der Waals surface area contributed by atoms with Crippen molar-refractivity contribution in [2.45, 2.75) is 123 Å². The van der Waals surface area contributed by atoms with Gasteiger partial charge in [-0.05, 0) is 156 Å². The van der Waals surface area contributed by atoms with E-state index in [0.717, 1.165) is 119 Å². The molecule has 434 valence electrons. The second-order valence-electron chi connectivity index (χ2n) is 22.0. The number of halogens is 11. The number of alkyl halides is 9. The van der Waals surface area contributed by atoms with Crippen LogP contribution in [-0.2, 0) is 44.2 Å². The molecule has 0 unspecified atom stereocenters. The van der Waals surface area contributed by atoms with Crippen molar-refractivity contribution < 1.29 is 52.6 Å². The van der Waals surface area contributed by atoms with Gasteiger partial charge in [0.1, 0.15) is 0 Å². The van der Waals surface area contributed by atoms with Crippen LogP contribution in [0.15, 0.2) is 176 Å². The number of rotatable bonds is 19. The zero-order chi connectivity index (χ0) is 59.7. The standard InChI is InChI=1S/C70H64BF11N2/c1-5-9-13-45-17-25-49(26-18-45)59-61(51-33-39-56(40-34-51)68(72,73)74)66-63(53-37-43-58(44-38-53)70(78,79)80)67-62(52-35-41-57(42-36-52)69(75,76)77)60(50-27-19-46(20-28-50)14-10-6-2)65(55-31-23-48(24-32-55)16-12-8-4)84(67)71(81,82)83(66)64(59)54-29-21-47(22-30-54)15-11-7-3/h17-44H,5-16H2,1-4H3. The molecule has 7 aromatic carbocycles. The summed E-state index contributed by atoms with van der Waals surface area (Å²) in [6.07, 6.45) is -4.59. The molecule has 2 aliphatic rings. The van der Waals surface area contributed by atoms with Gasteiger partial charge in [-0.1, -0.05) is 175 Å². The SMILES string of the molecule is CCCCc1ccc(C2=C(c3ccc(C(F)(F)F)cc3)C3=C(c4ccc(C(F)(F)F)cc4)c4c(-c5ccc(C(F)(F)F)cc5)c(-c5ccc(CCCC)cc5)c(-c5ccc(CCCC)cc5)n4[B-](F)(F)[N+]3=C2c2ccc(CCCC)cc2)cc1. The Morgan fingerprint density at radius 3 is 0.976 bits per heavy atom. The molecular weight excluding hydrogens is 1090 g/mol. The van der Waals surface area contributed by atoms with E-state index in [1.54, 1.807) is 24.3 Å². The Kier molecular flexibility index (Phi) is 17.0. The Labute approximate surface area is 483 Å². The van der Waals surface area contributed by atoms with Crippen molar-refractivity contribution in [3.63, 3.8) is 0 Å². The van der Waals surface area contributed by atoms with Crippen LogP contribution in [0.1, 0.15) is 146 Å². The van der Waals surface area contributed by atoms with Gasteiger partial charge in [-0.2, -0.15) is 39.5 Å². The van der Waals surface area contributed by atoms with E-state index in [4.69, 9.17) is 0 Å². The van der Waals surface area contributed by atoms with E-state index in [2.05, 4.69) is 27.7 Å². The summed E-state index contributed by atoms with van der Waals surface area (Å²) in [5.41, 5.74) is 2.66. The van der Waals surface area contributed by atoms with Crippen LogP contribution in [0.2, 0.25) is 0 Å².